The molecule has 3 aromatic heterocycles. The summed E-state index contributed by atoms with van der Waals surface area (Å²) < 4.78 is 35.8. The Labute approximate surface area is 195 Å². The molecule has 1 aliphatic rings. The molecule has 0 aliphatic carbocycles. The van der Waals surface area contributed by atoms with Gasteiger partial charge in [0.15, 0.2) is 0 Å². The molecule has 5 rings (SSSR count). The van der Waals surface area contributed by atoms with E-state index in [0.29, 0.717) is 35.4 Å². The monoisotopic (exact) mass is 487 g/mol. The van der Waals surface area contributed by atoms with Crippen molar-refractivity contribution in [3.63, 3.8) is 0 Å². The molecule has 0 unspecified atom stereocenters. The third kappa shape index (κ3) is 4.51. The number of nitrogens with one attached hydrogen (secondary N) is 1. The topological polar surface area (TPSA) is 84.3 Å². The smallest absolute Gasteiger partial charge is 0.270 e. The van der Waals surface area contributed by atoms with Gasteiger partial charge in [0.05, 0.1) is 40.2 Å². The first-order valence-electron chi connectivity index (χ1n) is 10.3. The Bertz CT molecular complexity index is 1290. The number of aliphatic hydroxyl groups is 1. The number of rotatable bonds is 5. The minimum Gasteiger partial charge on any atom is -0.389 e. The largest absolute Gasteiger partial charge is 0.389 e. The lowest BCUT2D eigenvalue weighted by atomic mass is 10.0. The Morgan fingerprint density at radius 2 is 2.09 bits per heavy atom. The van der Waals surface area contributed by atoms with E-state index < -0.39 is 29.7 Å². The van der Waals surface area contributed by atoms with Gasteiger partial charge in [-0.15, -0.1) is 22.7 Å². The number of carbonyl (C=O) groups excluding carboxylic acids is 1. The van der Waals surface area contributed by atoms with Crippen LogP contribution in [0.2, 0.25) is 0 Å². The van der Waals surface area contributed by atoms with Crippen molar-refractivity contribution in [3.8, 4) is 11.3 Å². The second-order valence-corrected chi connectivity index (χ2v) is 9.42. The van der Waals surface area contributed by atoms with Gasteiger partial charge < -0.3 is 15.2 Å². The Morgan fingerprint density at radius 3 is 2.82 bits per heavy atom. The lowest BCUT2D eigenvalue weighted by Crippen LogP contribution is -2.48. The number of hydrogen-bond donors (Lipinski definition) is 2. The van der Waals surface area contributed by atoms with E-state index in [0.717, 1.165) is 4.70 Å². The molecule has 1 aromatic carbocycles. The van der Waals surface area contributed by atoms with Crippen molar-refractivity contribution in [2.45, 2.75) is 25.0 Å². The highest BCUT2D eigenvalue weighted by Gasteiger charge is 2.26. The summed E-state index contributed by atoms with van der Waals surface area (Å²) in [6.07, 6.45) is -0.344. The maximum absolute atomic E-state index is 14.9. The van der Waals surface area contributed by atoms with E-state index in [1.807, 2.05) is 5.38 Å². The van der Waals surface area contributed by atoms with Crippen molar-refractivity contribution in [1.29, 1.82) is 0 Å². The molecule has 0 radical (unpaired) electrons. The van der Waals surface area contributed by atoms with Crippen molar-refractivity contribution in [2.24, 2.45) is 0 Å². The number of thiophene rings is 1. The van der Waals surface area contributed by atoms with Crippen molar-refractivity contribution < 1.29 is 23.4 Å². The fourth-order valence-corrected chi connectivity index (χ4v) is 5.28. The summed E-state index contributed by atoms with van der Waals surface area (Å²) in [6.45, 7) is 0.600. The van der Waals surface area contributed by atoms with E-state index >= 15 is 0 Å². The van der Waals surface area contributed by atoms with Gasteiger partial charge in [0.25, 0.3) is 5.91 Å². The number of benzene rings is 1. The minimum atomic E-state index is -0.800. The van der Waals surface area contributed by atoms with Gasteiger partial charge in [-0.05, 0) is 41.6 Å². The SMILES string of the molecule is O=C(N[C@H]1CCOC[C@@H]1O)c1cc(Cc2c(F)cc(-c3cscn3)cc2F)c2sccc2n1. The fourth-order valence-electron chi connectivity index (χ4n) is 3.87. The van der Waals surface area contributed by atoms with Crippen molar-refractivity contribution in [3.05, 3.63) is 69.0 Å². The van der Waals surface area contributed by atoms with E-state index in [9.17, 15) is 18.7 Å². The second-order valence-electron chi connectivity index (χ2n) is 7.78. The lowest BCUT2D eigenvalue weighted by molar-refractivity contribution is -0.0261. The molecule has 0 saturated carbocycles. The van der Waals surface area contributed by atoms with E-state index in [1.54, 1.807) is 23.0 Å². The molecule has 1 amide bonds. The number of nitrogens with zero attached hydrogens (tertiary/aromatic N) is 2. The molecule has 6 nitrogen and oxygen atoms in total. The number of amides is 1. The van der Waals surface area contributed by atoms with Crippen LogP contribution >= 0.6 is 22.7 Å². The average Bonchev–Trinajstić information content (AvgIpc) is 3.49. The predicted molar refractivity (Wildman–Crippen MR) is 123 cm³/mol. The molecule has 0 bridgehead atoms. The van der Waals surface area contributed by atoms with Gasteiger partial charge in [-0.2, -0.15) is 0 Å². The third-order valence-electron chi connectivity index (χ3n) is 5.60. The summed E-state index contributed by atoms with van der Waals surface area (Å²) in [5.41, 5.74) is 3.73. The molecule has 4 aromatic rings. The Morgan fingerprint density at radius 1 is 1.27 bits per heavy atom. The zero-order valence-corrected chi connectivity index (χ0v) is 18.9. The number of aliphatic hydroxyl groups excluding tert-OH is 1. The number of thiazole rings is 1. The highest BCUT2D eigenvalue weighted by molar-refractivity contribution is 7.17. The van der Waals surface area contributed by atoms with Crippen LogP contribution in [0.25, 0.3) is 21.5 Å². The Hall–Kier alpha value is -2.79. The van der Waals surface area contributed by atoms with Crippen LogP contribution in [0, 0.1) is 11.6 Å². The molecule has 1 saturated heterocycles. The standard InChI is InChI=1S/C23H19F2N3O3S2/c24-15-6-12(20-10-32-11-26-20)7-16(25)14(15)5-13-8-19(27-18-2-4-33-22(13)18)23(30)28-17-1-3-31-9-21(17)29/h2,4,6-8,10-11,17,21,29H,1,3,5,9H2,(H,28,30)/t17-,21-/m0/s1. The van der Waals surface area contributed by atoms with Crippen LogP contribution in [0.3, 0.4) is 0 Å². The van der Waals surface area contributed by atoms with Gasteiger partial charge in [0.2, 0.25) is 0 Å². The molecular formula is C23H19F2N3O3S2. The van der Waals surface area contributed by atoms with Crippen LogP contribution in [0.15, 0.2) is 40.5 Å². The number of carbonyl (C=O) groups is 1. The van der Waals surface area contributed by atoms with Crippen LogP contribution in [0.1, 0.15) is 28.0 Å². The maximum Gasteiger partial charge on any atom is 0.270 e. The average molecular weight is 488 g/mol. The molecule has 33 heavy (non-hydrogen) atoms. The number of ether oxygens (including phenoxy) is 1. The van der Waals surface area contributed by atoms with Gasteiger partial charge in [0.1, 0.15) is 17.3 Å². The first-order chi connectivity index (χ1) is 16.0. The van der Waals surface area contributed by atoms with Crippen molar-refractivity contribution >= 4 is 38.8 Å². The number of fused-ring (bicyclic) bond motifs is 1. The summed E-state index contributed by atoms with van der Waals surface area (Å²) in [7, 11) is 0. The van der Waals surface area contributed by atoms with E-state index in [4.69, 9.17) is 4.74 Å². The molecule has 1 aliphatic heterocycles. The quantitative estimate of drug-likeness (QED) is 0.442. The maximum atomic E-state index is 14.9. The Kier molecular flexibility index (Phi) is 6.15. The van der Waals surface area contributed by atoms with Crippen LogP contribution in [0.4, 0.5) is 8.78 Å². The van der Waals surface area contributed by atoms with Crippen LogP contribution in [0.5, 0.6) is 0 Å². The third-order valence-corrected chi connectivity index (χ3v) is 7.17. The molecular weight excluding hydrogens is 468 g/mol. The summed E-state index contributed by atoms with van der Waals surface area (Å²) in [4.78, 5) is 21.4. The van der Waals surface area contributed by atoms with Crippen molar-refractivity contribution in [1.82, 2.24) is 15.3 Å². The molecule has 2 N–H and O–H groups in total. The normalized spacial score (nSPS) is 18.5. The highest BCUT2D eigenvalue weighted by atomic mass is 32.1. The van der Waals surface area contributed by atoms with Gasteiger partial charge >= 0.3 is 0 Å². The number of halogens is 2. The number of aromatic nitrogens is 2. The molecule has 4 heterocycles. The predicted octanol–water partition coefficient (Wildman–Crippen LogP) is 4.17. The Balaban J connectivity index is 1.46. The molecule has 2 atom stereocenters. The zero-order chi connectivity index (χ0) is 22.9. The number of pyridine rings is 1. The molecule has 0 spiro atoms. The summed E-state index contributed by atoms with van der Waals surface area (Å²) in [5, 5.41) is 16.4. The fraction of sp³-hybridized carbons (Fsp3) is 0.261. The highest BCUT2D eigenvalue weighted by Crippen LogP contribution is 2.30. The van der Waals surface area contributed by atoms with Gasteiger partial charge in [-0.25, -0.2) is 18.7 Å². The van der Waals surface area contributed by atoms with Gasteiger partial charge in [-0.3, -0.25) is 4.79 Å². The summed E-state index contributed by atoms with van der Waals surface area (Å²) in [5.74, 6) is -1.79. The van der Waals surface area contributed by atoms with Gasteiger partial charge in [-0.1, -0.05) is 0 Å². The van der Waals surface area contributed by atoms with Gasteiger partial charge in [0, 0.05) is 29.5 Å². The van der Waals surface area contributed by atoms with Crippen LogP contribution in [-0.4, -0.2) is 46.3 Å². The summed E-state index contributed by atoms with van der Waals surface area (Å²) >= 11 is 2.75. The lowest BCUT2D eigenvalue weighted by Gasteiger charge is -2.28. The van der Waals surface area contributed by atoms with Crippen LogP contribution in [-0.2, 0) is 11.2 Å². The number of hydrogen-bond acceptors (Lipinski definition) is 7. The first-order valence-corrected chi connectivity index (χ1v) is 12.1. The van der Waals surface area contributed by atoms with E-state index in [-0.39, 0.29) is 24.3 Å². The molecule has 1 fully saturated rings. The molecule has 170 valence electrons. The summed E-state index contributed by atoms with van der Waals surface area (Å²) in [6, 6.07) is 5.44. The first kappa shape index (κ1) is 22.0. The van der Waals surface area contributed by atoms with E-state index in [2.05, 4.69) is 15.3 Å². The molecule has 10 heteroatoms. The zero-order valence-electron chi connectivity index (χ0n) is 17.3. The van der Waals surface area contributed by atoms with Crippen molar-refractivity contribution in [2.75, 3.05) is 13.2 Å². The minimum absolute atomic E-state index is 0.0330. The second kappa shape index (κ2) is 9.22. The van der Waals surface area contributed by atoms with E-state index in [1.165, 1.54) is 34.8 Å². The van der Waals surface area contributed by atoms with Crippen LogP contribution < -0.4 is 5.32 Å².